The van der Waals surface area contributed by atoms with Crippen molar-refractivity contribution in [1.82, 2.24) is 0 Å². The zero-order chi connectivity index (χ0) is 31.3. The van der Waals surface area contributed by atoms with E-state index in [1.165, 1.54) is 22.3 Å². The summed E-state index contributed by atoms with van der Waals surface area (Å²) in [6, 6.07) is 54.4. The van der Waals surface area contributed by atoms with Crippen molar-refractivity contribution in [2.75, 3.05) is 0 Å². The van der Waals surface area contributed by atoms with Crippen LogP contribution in [0.2, 0.25) is 5.02 Å². The largest absolute Gasteiger partial charge is 0.456 e. The molecule has 1 heterocycles. The zero-order valence-corrected chi connectivity index (χ0v) is 26.0. The molecule has 0 radical (unpaired) electrons. The van der Waals surface area contributed by atoms with Gasteiger partial charge >= 0.3 is 0 Å². The molecule has 10 rings (SSSR count). The highest BCUT2D eigenvalue weighted by Gasteiger charge is 2.56. The van der Waals surface area contributed by atoms with Gasteiger partial charge in [0.1, 0.15) is 16.8 Å². The fourth-order valence-corrected chi connectivity index (χ4v) is 8.96. The van der Waals surface area contributed by atoms with Gasteiger partial charge in [0.25, 0.3) is 0 Å². The molecule has 0 unspecified atom stereocenters. The Labute approximate surface area is 277 Å². The molecule has 2 nitrogen and oxygen atoms in total. The minimum Gasteiger partial charge on any atom is -0.456 e. The third-order valence-corrected chi connectivity index (χ3v) is 10.8. The molecule has 0 aliphatic heterocycles. The van der Waals surface area contributed by atoms with E-state index in [9.17, 15) is 5.11 Å². The molecular weight excluding hydrogens is 596 g/mol. The van der Waals surface area contributed by atoms with E-state index in [-0.39, 0.29) is 0 Å². The Morgan fingerprint density at radius 1 is 0.447 bits per heavy atom. The summed E-state index contributed by atoms with van der Waals surface area (Å²) in [6.45, 7) is 0. The Balaban J connectivity index is 1.31. The molecule has 1 spiro atoms. The Morgan fingerprint density at radius 2 is 0.957 bits per heavy atom. The molecule has 0 fully saturated rings. The van der Waals surface area contributed by atoms with Crippen LogP contribution in [-0.4, -0.2) is 5.11 Å². The number of hydrogen-bond donors (Lipinski definition) is 1. The molecule has 0 saturated heterocycles. The van der Waals surface area contributed by atoms with Crippen molar-refractivity contribution in [3.63, 3.8) is 0 Å². The lowest BCUT2D eigenvalue weighted by Crippen LogP contribution is -2.44. The van der Waals surface area contributed by atoms with Crippen LogP contribution in [0.25, 0.3) is 44.2 Å². The molecule has 0 bridgehead atoms. The Hall–Kier alpha value is -5.41. The maximum atomic E-state index is 13.7. The standard InChI is InChI=1S/C44H27ClO2/c45-39-22-11-15-28(27-24-25-41-32(26-27)31-14-3-10-23-40(31)47-41)42(39)44(46)37-20-8-6-18-35(37)43(36-19-7-9-21-38(36)44)33-16-4-1-12-29(33)30-13-2-5-17-34(30)43/h1-26,46H. The van der Waals surface area contributed by atoms with E-state index < -0.39 is 11.0 Å². The van der Waals surface area contributed by atoms with Crippen molar-refractivity contribution >= 4 is 33.5 Å². The summed E-state index contributed by atoms with van der Waals surface area (Å²) in [7, 11) is 0. The lowest BCUT2D eigenvalue weighted by atomic mass is 9.56. The fourth-order valence-electron chi connectivity index (χ4n) is 8.65. The van der Waals surface area contributed by atoms with Crippen LogP contribution >= 0.6 is 11.6 Å². The number of para-hydroxylation sites is 1. The summed E-state index contributed by atoms with van der Waals surface area (Å²) in [4.78, 5) is 0. The molecule has 0 atom stereocenters. The van der Waals surface area contributed by atoms with Gasteiger partial charge in [-0.15, -0.1) is 0 Å². The van der Waals surface area contributed by atoms with Gasteiger partial charge in [0, 0.05) is 21.4 Å². The van der Waals surface area contributed by atoms with Crippen molar-refractivity contribution < 1.29 is 9.52 Å². The third kappa shape index (κ3) is 3.34. The van der Waals surface area contributed by atoms with Crippen LogP contribution in [0, 0.1) is 0 Å². The van der Waals surface area contributed by atoms with E-state index in [0.29, 0.717) is 10.6 Å². The first-order valence-electron chi connectivity index (χ1n) is 15.9. The van der Waals surface area contributed by atoms with Gasteiger partial charge < -0.3 is 9.52 Å². The van der Waals surface area contributed by atoms with E-state index in [1.54, 1.807) is 0 Å². The Kier molecular flexibility index (Phi) is 5.44. The predicted octanol–water partition coefficient (Wildman–Crippen LogP) is 10.9. The van der Waals surface area contributed by atoms with Gasteiger partial charge in [0.15, 0.2) is 0 Å². The normalized spacial score (nSPS) is 14.9. The maximum Gasteiger partial charge on any atom is 0.143 e. The predicted molar refractivity (Wildman–Crippen MR) is 190 cm³/mol. The average Bonchev–Trinajstić information content (AvgIpc) is 3.64. The van der Waals surface area contributed by atoms with Crippen LogP contribution in [0.15, 0.2) is 162 Å². The highest BCUT2D eigenvalue weighted by Crippen LogP contribution is 2.63. The molecule has 1 aromatic heterocycles. The second-order valence-corrected chi connectivity index (χ2v) is 13.0. The smallest absolute Gasteiger partial charge is 0.143 e. The van der Waals surface area contributed by atoms with Crippen LogP contribution in [-0.2, 0) is 11.0 Å². The molecule has 8 aromatic rings. The van der Waals surface area contributed by atoms with Crippen LogP contribution in [0.4, 0.5) is 0 Å². The molecule has 2 aliphatic carbocycles. The van der Waals surface area contributed by atoms with Gasteiger partial charge in [-0.05, 0) is 79.9 Å². The zero-order valence-electron chi connectivity index (χ0n) is 25.2. The van der Waals surface area contributed by atoms with Gasteiger partial charge in [-0.1, -0.05) is 145 Å². The van der Waals surface area contributed by atoms with Crippen LogP contribution in [0.3, 0.4) is 0 Å². The highest BCUT2D eigenvalue weighted by atomic mass is 35.5. The molecule has 222 valence electrons. The Bertz CT molecular complexity index is 2480. The van der Waals surface area contributed by atoms with Crippen molar-refractivity contribution in [3.8, 4) is 22.3 Å². The molecule has 7 aromatic carbocycles. The van der Waals surface area contributed by atoms with Crippen LogP contribution in [0.5, 0.6) is 0 Å². The summed E-state index contributed by atoms with van der Waals surface area (Å²) in [5.74, 6) is 0. The maximum absolute atomic E-state index is 13.7. The number of hydrogen-bond acceptors (Lipinski definition) is 2. The fraction of sp³-hybridized carbons (Fsp3) is 0.0455. The topological polar surface area (TPSA) is 33.4 Å². The molecule has 0 amide bonds. The van der Waals surface area contributed by atoms with Gasteiger partial charge in [-0.3, -0.25) is 0 Å². The van der Waals surface area contributed by atoms with Gasteiger partial charge in [0.05, 0.1) is 5.41 Å². The van der Waals surface area contributed by atoms with Crippen LogP contribution in [0.1, 0.15) is 38.9 Å². The van der Waals surface area contributed by atoms with Crippen molar-refractivity contribution in [2.24, 2.45) is 0 Å². The van der Waals surface area contributed by atoms with Crippen molar-refractivity contribution in [1.29, 1.82) is 0 Å². The molecule has 3 heteroatoms. The second-order valence-electron chi connectivity index (χ2n) is 12.6. The first-order chi connectivity index (χ1) is 23.1. The van der Waals surface area contributed by atoms with Gasteiger partial charge in [-0.25, -0.2) is 0 Å². The number of rotatable bonds is 2. The summed E-state index contributed by atoms with van der Waals surface area (Å²) < 4.78 is 6.16. The van der Waals surface area contributed by atoms with Crippen LogP contribution < -0.4 is 0 Å². The lowest BCUT2D eigenvalue weighted by molar-refractivity contribution is 0.119. The monoisotopic (exact) mass is 622 g/mol. The van der Waals surface area contributed by atoms with Gasteiger partial charge in [0.2, 0.25) is 0 Å². The lowest BCUT2D eigenvalue weighted by Gasteiger charge is -2.47. The van der Waals surface area contributed by atoms with E-state index in [4.69, 9.17) is 16.0 Å². The first-order valence-corrected chi connectivity index (χ1v) is 16.3. The number of aliphatic hydroxyl groups is 1. The average molecular weight is 623 g/mol. The Morgan fingerprint density at radius 3 is 1.62 bits per heavy atom. The molecule has 2 aliphatic rings. The molecule has 1 N–H and O–H groups in total. The van der Waals surface area contributed by atoms with Gasteiger partial charge in [-0.2, -0.15) is 0 Å². The molecule has 47 heavy (non-hydrogen) atoms. The number of halogens is 1. The van der Waals surface area contributed by atoms with E-state index in [2.05, 4.69) is 109 Å². The van der Waals surface area contributed by atoms with E-state index in [0.717, 1.165) is 55.3 Å². The second kappa shape index (κ2) is 9.56. The van der Waals surface area contributed by atoms with Crippen molar-refractivity contribution in [3.05, 3.63) is 202 Å². The van der Waals surface area contributed by atoms with E-state index >= 15 is 0 Å². The first kappa shape index (κ1) is 26.8. The highest BCUT2D eigenvalue weighted by molar-refractivity contribution is 6.32. The number of furan rings is 1. The number of benzene rings is 7. The minimum absolute atomic E-state index is 0.509. The summed E-state index contributed by atoms with van der Waals surface area (Å²) in [5, 5.41) is 16.2. The third-order valence-electron chi connectivity index (χ3n) is 10.5. The quantitative estimate of drug-likeness (QED) is 0.208. The number of fused-ring (bicyclic) bond motifs is 12. The molecular formula is C44H27ClO2. The summed E-state index contributed by atoms with van der Waals surface area (Å²) in [5.41, 5.74) is 10.7. The summed E-state index contributed by atoms with van der Waals surface area (Å²) >= 11 is 7.26. The minimum atomic E-state index is -1.55. The SMILES string of the molecule is OC1(c2c(Cl)cccc2-c2ccc3oc4ccccc4c3c2)c2ccccc2C2(c3ccccc3-c3ccccc32)c2ccccc21. The molecule has 0 saturated carbocycles. The van der Waals surface area contributed by atoms with E-state index in [1.807, 2.05) is 48.5 Å². The van der Waals surface area contributed by atoms with Crippen molar-refractivity contribution in [2.45, 2.75) is 11.0 Å². The summed E-state index contributed by atoms with van der Waals surface area (Å²) in [6.07, 6.45) is 0.